The molecule has 2 rings (SSSR count). The Hall–Kier alpha value is -1.95. The molecule has 25 heavy (non-hydrogen) atoms. The Morgan fingerprint density at radius 3 is 2.32 bits per heavy atom. The number of nitrogens with zero attached hydrogens (tertiary/aromatic N) is 1. The second-order valence-corrected chi connectivity index (χ2v) is 7.34. The summed E-state index contributed by atoms with van der Waals surface area (Å²) in [7, 11) is 0. The van der Waals surface area contributed by atoms with Gasteiger partial charge in [0.15, 0.2) is 11.5 Å². The van der Waals surface area contributed by atoms with E-state index in [9.17, 15) is 4.79 Å². The zero-order valence-electron chi connectivity index (χ0n) is 15.3. The van der Waals surface area contributed by atoms with Crippen molar-refractivity contribution in [1.29, 1.82) is 0 Å². The van der Waals surface area contributed by atoms with Gasteiger partial charge >= 0.3 is 6.09 Å². The fourth-order valence-electron chi connectivity index (χ4n) is 2.33. The number of halogens is 1. The molecule has 6 heteroatoms. The fourth-order valence-corrected chi connectivity index (χ4v) is 2.75. The molecular formula is C19H24BrNO4. The van der Waals surface area contributed by atoms with E-state index in [2.05, 4.69) is 15.9 Å². The molecule has 0 aliphatic rings. The van der Waals surface area contributed by atoms with Crippen molar-refractivity contribution >= 4 is 22.0 Å². The molecule has 0 saturated carbocycles. The lowest BCUT2D eigenvalue weighted by Crippen LogP contribution is -2.27. The Labute approximate surface area is 157 Å². The first-order chi connectivity index (χ1) is 11.7. The van der Waals surface area contributed by atoms with Gasteiger partial charge in [0.2, 0.25) is 0 Å². The second kappa shape index (κ2) is 7.95. The Kier molecular flexibility index (Phi) is 6.16. The van der Waals surface area contributed by atoms with Gasteiger partial charge in [-0.15, -0.1) is 0 Å². The van der Waals surface area contributed by atoms with E-state index in [1.807, 2.05) is 58.9 Å². The van der Waals surface area contributed by atoms with Crippen LogP contribution in [-0.2, 0) is 4.74 Å². The van der Waals surface area contributed by atoms with Gasteiger partial charge in [0.25, 0.3) is 0 Å². The second-order valence-electron chi connectivity index (χ2n) is 6.42. The predicted molar refractivity (Wildman–Crippen MR) is 102 cm³/mol. The quantitative estimate of drug-likeness (QED) is 0.653. The molecule has 0 atom stereocenters. The Morgan fingerprint density at radius 1 is 1.08 bits per heavy atom. The van der Waals surface area contributed by atoms with E-state index in [1.54, 1.807) is 6.20 Å². The number of hydrogen-bond donors (Lipinski definition) is 0. The molecule has 0 spiro atoms. The van der Waals surface area contributed by atoms with Crippen molar-refractivity contribution < 1.29 is 19.0 Å². The fraction of sp³-hybridized carbons (Fsp3) is 0.421. The molecule has 136 valence electrons. The van der Waals surface area contributed by atoms with Crippen molar-refractivity contribution in [3.63, 3.8) is 0 Å². The van der Waals surface area contributed by atoms with Crippen molar-refractivity contribution in [2.24, 2.45) is 0 Å². The van der Waals surface area contributed by atoms with Gasteiger partial charge in [0.1, 0.15) is 5.60 Å². The standard InChI is InChI=1S/C19H24BrNO4/c1-6-23-16-9-8-13(10-17(16)24-7-2)15-11-14(20)12-21(15)18(22)25-19(3,4)5/h8-12H,6-7H2,1-5H3. The van der Waals surface area contributed by atoms with Crippen LogP contribution in [0.2, 0.25) is 0 Å². The van der Waals surface area contributed by atoms with Gasteiger partial charge < -0.3 is 14.2 Å². The number of ether oxygens (including phenoxy) is 3. The molecule has 1 heterocycles. The van der Waals surface area contributed by atoms with Gasteiger partial charge in [-0.05, 0) is 74.8 Å². The molecule has 0 saturated heterocycles. The highest BCUT2D eigenvalue weighted by Gasteiger charge is 2.21. The largest absolute Gasteiger partial charge is 0.490 e. The van der Waals surface area contributed by atoms with Gasteiger partial charge in [0.05, 0.1) is 18.9 Å². The Morgan fingerprint density at radius 2 is 1.72 bits per heavy atom. The molecular weight excluding hydrogens is 386 g/mol. The number of hydrogen-bond acceptors (Lipinski definition) is 4. The predicted octanol–water partition coefficient (Wildman–Crippen LogP) is 5.50. The van der Waals surface area contributed by atoms with Gasteiger partial charge in [-0.25, -0.2) is 4.79 Å². The molecule has 2 aromatic rings. The molecule has 0 fully saturated rings. The van der Waals surface area contributed by atoms with Crippen molar-refractivity contribution in [2.75, 3.05) is 13.2 Å². The summed E-state index contributed by atoms with van der Waals surface area (Å²) < 4.78 is 19.0. The van der Waals surface area contributed by atoms with Crippen LogP contribution >= 0.6 is 15.9 Å². The highest BCUT2D eigenvalue weighted by Crippen LogP contribution is 2.34. The lowest BCUT2D eigenvalue weighted by atomic mass is 10.1. The number of benzene rings is 1. The first-order valence-electron chi connectivity index (χ1n) is 8.26. The minimum atomic E-state index is -0.569. The van der Waals surface area contributed by atoms with Gasteiger partial charge in [-0.1, -0.05) is 0 Å². The van der Waals surface area contributed by atoms with Crippen LogP contribution in [0, 0.1) is 0 Å². The van der Waals surface area contributed by atoms with Crippen LogP contribution < -0.4 is 9.47 Å². The summed E-state index contributed by atoms with van der Waals surface area (Å²) in [6, 6.07) is 7.49. The first kappa shape index (κ1) is 19.4. The Bertz CT molecular complexity index is 746. The maximum absolute atomic E-state index is 12.5. The summed E-state index contributed by atoms with van der Waals surface area (Å²) in [6.45, 7) is 10.4. The number of carbonyl (C=O) groups excluding carboxylic acids is 1. The van der Waals surface area contributed by atoms with Crippen LogP contribution in [0.5, 0.6) is 11.5 Å². The highest BCUT2D eigenvalue weighted by molar-refractivity contribution is 9.10. The van der Waals surface area contributed by atoms with Gasteiger partial charge in [0, 0.05) is 16.2 Å². The molecule has 5 nitrogen and oxygen atoms in total. The van der Waals surface area contributed by atoms with Crippen LogP contribution in [0.1, 0.15) is 34.6 Å². The average molecular weight is 410 g/mol. The molecule has 0 amide bonds. The van der Waals surface area contributed by atoms with E-state index in [1.165, 1.54) is 4.57 Å². The van der Waals surface area contributed by atoms with Gasteiger partial charge in [-0.2, -0.15) is 0 Å². The summed E-state index contributed by atoms with van der Waals surface area (Å²) in [4.78, 5) is 12.5. The van der Waals surface area contributed by atoms with Crippen LogP contribution in [0.15, 0.2) is 34.9 Å². The molecule has 0 radical (unpaired) electrons. The normalized spacial score (nSPS) is 11.3. The average Bonchev–Trinajstić information content (AvgIpc) is 2.90. The molecule has 0 N–H and O–H groups in total. The van der Waals surface area contributed by atoms with Crippen molar-refractivity contribution in [3.8, 4) is 22.8 Å². The lowest BCUT2D eigenvalue weighted by molar-refractivity contribution is 0.0540. The molecule has 0 aliphatic heterocycles. The maximum Gasteiger partial charge on any atom is 0.419 e. The Balaban J connectivity index is 2.45. The van der Waals surface area contributed by atoms with E-state index >= 15 is 0 Å². The molecule has 0 aliphatic carbocycles. The lowest BCUT2D eigenvalue weighted by Gasteiger charge is -2.20. The van der Waals surface area contributed by atoms with E-state index in [4.69, 9.17) is 14.2 Å². The minimum absolute atomic E-state index is 0.431. The highest BCUT2D eigenvalue weighted by atomic mass is 79.9. The zero-order valence-corrected chi connectivity index (χ0v) is 16.8. The van der Waals surface area contributed by atoms with Gasteiger partial charge in [-0.3, -0.25) is 4.57 Å². The van der Waals surface area contributed by atoms with Crippen molar-refractivity contribution in [2.45, 2.75) is 40.2 Å². The van der Waals surface area contributed by atoms with Crippen molar-refractivity contribution in [3.05, 3.63) is 34.9 Å². The molecule has 0 bridgehead atoms. The van der Waals surface area contributed by atoms with Crippen LogP contribution in [0.4, 0.5) is 4.79 Å². The SMILES string of the molecule is CCOc1ccc(-c2cc(Br)cn2C(=O)OC(C)(C)C)cc1OCC. The maximum atomic E-state index is 12.5. The minimum Gasteiger partial charge on any atom is -0.490 e. The monoisotopic (exact) mass is 409 g/mol. The summed E-state index contributed by atoms with van der Waals surface area (Å²) in [5, 5.41) is 0. The summed E-state index contributed by atoms with van der Waals surface area (Å²) in [5.41, 5.74) is 0.981. The van der Waals surface area contributed by atoms with E-state index in [0.717, 1.165) is 10.0 Å². The van der Waals surface area contributed by atoms with Crippen LogP contribution in [0.25, 0.3) is 11.3 Å². The number of aromatic nitrogens is 1. The van der Waals surface area contributed by atoms with Crippen LogP contribution in [0.3, 0.4) is 0 Å². The van der Waals surface area contributed by atoms with E-state index < -0.39 is 11.7 Å². The van der Waals surface area contributed by atoms with Crippen LogP contribution in [-0.4, -0.2) is 29.5 Å². The third kappa shape index (κ3) is 5.01. The van der Waals surface area contributed by atoms with E-state index in [-0.39, 0.29) is 0 Å². The molecule has 1 aromatic heterocycles. The topological polar surface area (TPSA) is 49.7 Å². The number of carbonyl (C=O) groups is 1. The first-order valence-corrected chi connectivity index (χ1v) is 9.05. The third-order valence-corrected chi connectivity index (χ3v) is 3.65. The van der Waals surface area contributed by atoms with Crippen molar-refractivity contribution in [1.82, 2.24) is 4.57 Å². The summed E-state index contributed by atoms with van der Waals surface area (Å²) in [5.74, 6) is 1.33. The molecule has 0 unspecified atom stereocenters. The molecule has 1 aromatic carbocycles. The summed E-state index contributed by atoms with van der Waals surface area (Å²) >= 11 is 3.43. The smallest absolute Gasteiger partial charge is 0.419 e. The number of rotatable bonds is 5. The zero-order chi connectivity index (χ0) is 18.6. The third-order valence-electron chi connectivity index (χ3n) is 3.22. The summed E-state index contributed by atoms with van der Waals surface area (Å²) in [6.07, 6.45) is 1.26. The van der Waals surface area contributed by atoms with E-state index in [0.29, 0.717) is 30.4 Å².